The standard InChI is InChI=1S/C13H25NOS/c1-16-11-8-6-10(7-9-11)14-12-4-2-3-5-13(12)15/h10-15H,2-9H2,1H3/t10?,11?,12-,13-/m1/s1. The molecule has 94 valence electrons. The van der Waals surface area contributed by atoms with Crippen molar-refractivity contribution in [3.8, 4) is 0 Å². The highest BCUT2D eigenvalue weighted by Crippen LogP contribution is 2.28. The van der Waals surface area contributed by atoms with Gasteiger partial charge in [-0.15, -0.1) is 0 Å². The van der Waals surface area contributed by atoms with E-state index < -0.39 is 0 Å². The molecule has 2 aliphatic rings. The van der Waals surface area contributed by atoms with E-state index in [9.17, 15) is 5.11 Å². The van der Waals surface area contributed by atoms with Gasteiger partial charge in [-0.1, -0.05) is 12.8 Å². The average Bonchev–Trinajstić information content (AvgIpc) is 2.33. The number of hydrogen-bond donors (Lipinski definition) is 2. The fraction of sp³-hybridized carbons (Fsp3) is 1.00. The molecule has 2 nitrogen and oxygen atoms in total. The summed E-state index contributed by atoms with van der Waals surface area (Å²) in [4.78, 5) is 0. The molecule has 0 amide bonds. The maximum Gasteiger partial charge on any atom is 0.0693 e. The van der Waals surface area contributed by atoms with Gasteiger partial charge in [-0.3, -0.25) is 0 Å². The highest BCUT2D eigenvalue weighted by atomic mass is 32.2. The SMILES string of the molecule is CSC1CCC(N[C@@H]2CCCC[C@H]2O)CC1. The minimum atomic E-state index is -0.0907. The largest absolute Gasteiger partial charge is 0.392 e. The van der Waals surface area contributed by atoms with Crippen molar-refractivity contribution in [1.29, 1.82) is 0 Å². The second-order valence-electron chi connectivity index (χ2n) is 5.33. The summed E-state index contributed by atoms with van der Waals surface area (Å²) in [6, 6.07) is 1.05. The first kappa shape index (κ1) is 12.7. The van der Waals surface area contributed by atoms with Crippen LogP contribution in [0.4, 0.5) is 0 Å². The molecule has 0 radical (unpaired) electrons. The van der Waals surface area contributed by atoms with Gasteiger partial charge in [0.2, 0.25) is 0 Å². The number of aliphatic hydroxyl groups is 1. The van der Waals surface area contributed by atoms with Crippen LogP contribution in [0.1, 0.15) is 51.4 Å². The van der Waals surface area contributed by atoms with E-state index in [4.69, 9.17) is 0 Å². The third-order valence-electron chi connectivity index (χ3n) is 4.19. The van der Waals surface area contributed by atoms with E-state index in [1.807, 2.05) is 11.8 Å². The summed E-state index contributed by atoms with van der Waals surface area (Å²) in [5, 5.41) is 14.5. The summed E-state index contributed by atoms with van der Waals surface area (Å²) >= 11 is 2.02. The van der Waals surface area contributed by atoms with E-state index in [1.54, 1.807) is 0 Å². The van der Waals surface area contributed by atoms with E-state index in [1.165, 1.54) is 44.9 Å². The Labute approximate surface area is 104 Å². The molecule has 0 aromatic carbocycles. The highest BCUT2D eigenvalue weighted by molar-refractivity contribution is 7.99. The quantitative estimate of drug-likeness (QED) is 0.799. The normalized spacial score (nSPS) is 40.9. The minimum Gasteiger partial charge on any atom is -0.392 e. The van der Waals surface area contributed by atoms with Crippen molar-refractivity contribution in [3.63, 3.8) is 0 Å². The van der Waals surface area contributed by atoms with Gasteiger partial charge in [-0.25, -0.2) is 0 Å². The van der Waals surface area contributed by atoms with Crippen LogP contribution in [-0.4, -0.2) is 34.8 Å². The Morgan fingerprint density at radius 3 is 2.31 bits per heavy atom. The van der Waals surface area contributed by atoms with Crippen LogP contribution < -0.4 is 5.32 Å². The maximum atomic E-state index is 9.93. The average molecular weight is 243 g/mol. The zero-order valence-corrected chi connectivity index (χ0v) is 11.1. The van der Waals surface area contributed by atoms with Crippen LogP contribution in [-0.2, 0) is 0 Å². The van der Waals surface area contributed by atoms with Gasteiger partial charge >= 0.3 is 0 Å². The summed E-state index contributed by atoms with van der Waals surface area (Å²) in [6.45, 7) is 0. The Hall–Kier alpha value is 0.270. The molecule has 2 fully saturated rings. The maximum absolute atomic E-state index is 9.93. The lowest BCUT2D eigenvalue weighted by molar-refractivity contribution is 0.0817. The van der Waals surface area contributed by atoms with Crippen LogP contribution in [0.3, 0.4) is 0 Å². The smallest absolute Gasteiger partial charge is 0.0693 e. The lowest BCUT2D eigenvalue weighted by Crippen LogP contribution is -2.48. The van der Waals surface area contributed by atoms with Crippen molar-refractivity contribution >= 4 is 11.8 Å². The van der Waals surface area contributed by atoms with Crippen LogP contribution in [0.15, 0.2) is 0 Å². The first-order valence-electron chi connectivity index (χ1n) is 6.76. The van der Waals surface area contributed by atoms with Gasteiger partial charge < -0.3 is 10.4 Å². The molecule has 0 heterocycles. The van der Waals surface area contributed by atoms with Gasteiger partial charge in [0.15, 0.2) is 0 Å². The number of nitrogens with one attached hydrogen (secondary N) is 1. The lowest BCUT2D eigenvalue weighted by Gasteiger charge is -2.35. The van der Waals surface area contributed by atoms with Crippen LogP contribution in [0.25, 0.3) is 0 Å². The van der Waals surface area contributed by atoms with Crippen LogP contribution in [0.5, 0.6) is 0 Å². The van der Waals surface area contributed by atoms with Crippen molar-refractivity contribution in [3.05, 3.63) is 0 Å². The second kappa shape index (κ2) is 6.27. The number of hydrogen-bond acceptors (Lipinski definition) is 3. The van der Waals surface area contributed by atoms with E-state index in [-0.39, 0.29) is 6.10 Å². The molecule has 2 aliphatic carbocycles. The fourth-order valence-electron chi connectivity index (χ4n) is 3.07. The summed E-state index contributed by atoms with van der Waals surface area (Å²) in [6.07, 6.45) is 12.1. The van der Waals surface area contributed by atoms with E-state index in [0.29, 0.717) is 12.1 Å². The molecular formula is C13H25NOS. The molecule has 2 N–H and O–H groups in total. The Bertz CT molecular complexity index is 204. The molecule has 2 atom stereocenters. The third kappa shape index (κ3) is 3.38. The number of thioether (sulfide) groups is 1. The second-order valence-corrected chi connectivity index (χ2v) is 6.47. The highest BCUT2D eigenvalue weighted by Gasteiger charge is 2.27. The topological polar surface area (TPSA) is 32.3 Å². The molecule has 16 heavy (non-hydrogen) atoms. The summed E-state index contributed by atoms with van der Waals surface area (Å²) in [5.41, 5.74) is 0. The third-order valence-corrected chi connectivity index (χ3v) is 5.32. The van der Waals surface area contributed by atoms with E-state index in [0.717, 1.165) is 11.7 Å². The van der Waals surface area contributed by atoms with E-state index in [2.05, 4.69) is 11.6 Å². The van der Waals surface area contributed by atoms with Crippen molar-refractivity contribution in [2.45, 2.75) is 74.8 Å². The van der Waals surface area contributed by atoms with Crippen molar-refractivity contribution in [2.24, 2.45) is 0 Å². The molecule has 0 spiro atoms. The zero-order chi connectivity index (χ0) is 11.4. The first-order valence-corrected chi connectivity index (χ1v) is 8.05. The number of rotatable bonds is 3. The minimum absolute atomic E-state index is 0.0907. The molecule has 0 bridgehead atoms. The molecule has 0 aromatic heterocycles. The van der Waals surface area contributed by atoms with Gasteiger partial charge in [0, 0.05) is 17.3 Å². The van der Waals surface area contributed by atoms with Crippen LogP contribution in [0.2, 0.25) is 0 Å². The molecular weight excluding hydrogens is 218 g/mol. The van der Waals surface area contributed by atoms with Crippen molar-refractivity contribution in [1.82, 2.24) is 5.32 Å². The molecule has 2 saturated carbocycles. The van der Waals surface area contributed by atoms with Crippen molar-refractivity contribution < 1.29 is 5.11 Å². The van der Waals surface area contributed by atoms with Gasteiger partial charge in [0.05, 0.1) is 6.10 Å². The first-order chi connectivity index (χ1) is 7.79. The molecule has 2 rings (SSSR count). The van der Waals surface area contributed by atoms with Gasteiger partial charge in [-0.2, -0.15) is 11.8 Å². The molecule has 0 aliphatic heterocycles. The zero-order valence-electron chi connectivity index (χ0n) is 10.3. The number of aliphatic hydroxyl groups excluding tert-OH is 1. The monoisotopic (exact) mass is 243 g/mol. The predicted octanol–water partition coefficient (Wildman–Crippen LogP) is 2.55. The predicted molar refractivity (Wildman–Crippen MR) is 71.0 cm³/mol. The van der Waals surface area contributed by atoms with Gasteiger partial charge in [0.25, 0.3) is 0 Å². The van der Waals surface area contributed by atoms with E-state index >= 15 is 0 Å². The summed E-state index contributed by atoms with van der Waals surface area (Å²) in [5.74, 6) is 0. The Morgan fingerprint density at radius 1 is 1.00 bits per heavy atom. The Balaban J connectivity index is 1.73. The fourth-order valence-corrected chi connectivity index (χ4v) is 3.82. The Morgan fingerprint density at radius 2 is 1.69 bits per heavy atom. The van der Waals surface area contributed by atoms with Crippen LogP contribution in [0, 0.1) is 0 Å². The summed E-state index contributed by atoms with van der Waals surface area (Å²) < 4.78 is 0. The van der Waals surface area contributed by atoms with Gasteiger partial charge in [0.1, 0.15) is 0 Å². The summed E-state index contributed by atoms with van der Waals surface area (Å²) in [7, 11) is 0. The molecule has 3 heteroatoms. The Kier molecular flexibility index (Phi) is 4.98. The lowest BCUT2D eigenvalue weighted by atomic mass is 9.89. The molecule has 0 aromatic rings. The van der Waals surface area contributed by atoms with Gasteiger partial charge in [-0.05, 0) is 44.8 Å². The molecule has 0 saturated heterocycles. The molecule has 0 unspecified atom stereocenters. The van der Waals surface area contributed by atoms with Crippen molar-refractivity contribution in [2.75, 3.05) is 6.26 Å². The van der Waals surface area contributed by atoms with Crippen LogP contribution >= 0.6 is 11.8 Å².